The highest BCUT2D eigenvalue weighted by atomic mass is 32.2. The number of amides is 3. The molecule has 3 aromatic carbocycles. The third kappa shape index (κ3) is 14.0. The van der Waals surface area contributed by atoms with Crippen molar-refractivity contribution in [2.75, 3.05) is 16.0 Å². The Labute approximate surface area is 443 Å². The van der Waals surface area contributed by atoms with E-state index < -0.39 is 105 Å². The van der Waals surface area contributed by atoms with Crippen LogP contribution in [0.2, 0.25) is 0 Å². The van der Waals surface area contributed by atoms with Gasteiger partial charge in [0.1, 0.15) is 58.9 Å². The van der Waals surface area contributed by atoms with Crippen LogP contribution in [0.15, 0.2) is 122 Å². The third-order valence-corrected chi connectivity index (χ3v) is 19.0. The van der Waals surface area contributed by atoms with Crippen molar-refractivity contribution in [3.63, 3.8) is 0 Å². The van der Waals surface area contributed by atoms with Crippen LogP contribution in [0, 0.1) is 17.5 Å². The van der Waals surface area contributed by atoms with Crippen LogP contribution >= 0.6 is 0 Å². The van der Waals surface area contributed by atoms with Crippen LogP contribution in [-0.4, -0.2) is 77.1 Å². The van der Waals surface area contributed by atoms with Crippen molar-refractivity contribution >= 4 is 64.7 Å². The summed E-state index contributed by atoms with van der Waals surface area (Å²) in [5.74, 6) is -4.41. The molecule has 0 saturated heterocycles. The van der Waals surface area contributed by atoms with E-state index in [2.05, 4.69) is 31.2 Å². The van der Waals surface area contributed by atoms with Crippen LogP contribution in [0.5, 0.6) is 0 Å². The van der Waals surface area contributed by atoms with Crippen molar-refractivity contribution in [3.05, 3.63) is 138 Å². The minimum Gasteiger partial charge on any atom is -0.359 e. The highest BCUT2D eigenvalue weighted by molar-refractivity contribution is 7.94. The number of carbonyl (C=O) groups is 3. The van der Waals surface area contributed by atoms with E-state index >= 15 is 0 Å². The lowest BCUT2D eigenvalue weighted by atomic mass is 9.92. The molecule has 0 aliphatic rings. The molecule has 26 heteroatoms. The van der Waals surface area contributed by atoms with Gasteiger partial charge in [0, 0.05) is 36.2 Å². The van der Waals surface area contributed by atoms with Gasteiger partial charge in [0.15, 0.2) is 35.3 Å². The van der Waals surface area contributed by atoms with Crippen molar-refractivity contribution in [3.8, 4) is 0 Å². The lowest BCUT2D eigenvalue weighted by Crippen LogP contribution is -2.45. The van der Waals surface area contributed by atoms with Crippen LogP contribution in [0.25, 0.3) is 0 Å². The maximum absolute atomic E-state index is 14.0. The minimum absolute atomic E-state index is 0.103. The Morgan fingerprint density at radius 2 is 1.01 bits per heavy atom. The molecular weight excluding hydrogens is 1080 g/mol. The molecule has 3 amide bonds. The molecule has 0 spiro atoms. The molecule has 0 bridgehead atoms. The Bertz CT molecular complexity index is 3490. The largest absolute Gasteiger partial charge is 0.417 e. The number of pyridine rings is 1. The first kappa shape index (κ1) is 62.6. The first-order valence-corrected chi connectivity index (χ1v) is 27.4. The SMILES string of the molecule is CC(C)(C(=O)Nc1ccc(C(F)(F)F)cn1)S(=O)(=O)c1cccc(F)c1.CC(C)(C)c1cc(NC(=O)C(C)(C)S(=O)(=O)c2ccccc2F)no1.Cn1nc(C(C)(C)C)cc1NC(=O)C(C)(C)S(=O)(=O)c1ccccc1F. The van der Waals surface area contributed by atoms with Gasteiger partial charge in [-0.3, -0.25) is 19.1 Å². The number of aryl methyl sites for hydroxylation is 1. The number of anilines is 3. The molecular formula is C51H59F6N7O10S3. The molecule has 0 radical (unpaired) electrons. The van der Waals surface area contributed by atoms with Gasteiger partial charge in [-0.05, 0) is 96.1 Å². The Hall–Kier alpha value is -6.93. The number of alkyl halides is 3. The predicted molar refractivity (Wildman–Crippen MR) is 275 cm³/mol. The molecule has 0 saturated carbocycles. The minimum atomic E-state index is -4.59. The second-order valence-electron chi connectivity index (χ2n) is 20.8. The van der Waals surface area contributed by atoms with Gasteiger partial charge in [0.05, 0.1) is 16.2 Å². The fourth-order valence-corrected chi connectivity index (χ4v) is 10.5. The van der Waals surface area contributed by atoms with Gasteiger partial charge in [-0.25, -0.2) is 43.4 Å². The summed E-state index contributed by atoms with van der Waals surface area (Å²) in [5, 5.41) is 15.3. The molecule has 0 atom stereocenters. The molecule has 77 heavy (non-hydrogen) atoms. The van der Waals surface area contributed by atoms with E-state index in [4.69, 9.17) is 4.52 Å². The highest BCUT2D eigenvalue weighted by Gasteiger charge is 2.46. The Morgan fingerprint density at radius 1 is 0.545 bits per heavy atom. The summed E-state index contributed by atoms with van der Waals surface area (Å²) in [5.41, 5.74) is -0.799. The Kier molecular flexibility index (Phi) is 18.4. The summed E-state index contributed by atoms with van der Waals surface area (Å²) < 4.78 is 156. The molecule has 3 heterocycles. The first-order chi connectivity index (χ1) is 35.0. The number of benzene rings is 3. The molecule has 0 aliphatic heterocycles. The van der Waals surface area contributed by atoms with E-state index in [1.807, 2.05) is 41.5 Å². The summed E-state index contributed by atoms with van der Waals surface area (Å²) >= 11 is 0. The fourth-order valence-electron chi connectivity index (χ4n) is 6.24. The molecule has 17 nitrogen and oxygen atoms in total. The Morgan fingerprint density at radius 3 is 1.42 bits per heavy atom. The van der Waals surface area contributed by atoms with E-state index in [1.165, 1.54) is 68.8 Å². The van der Waals surface area contributed by atoms with Crippen LogP contribution in [0.3, 0.4) is 0 Å². The summed E-state index contributed by atoms with van der Waals surface area (Å²) in [6.45, 7) is 18.8. The first-order valence-electron chi connectivity index (χ1n) is 23.0. The van der Waals surface area contributed by atoms with Crippen LogP contribution in [-0.2, 0) is 67.9 Å². The average molecular weight is 1140 g/mol. The number of rotatable bonds is 12. The molecule has 418 valence electrons. The molecule has 0 unspecified atom stereocenters. The predicted octanol–water partition coefficient (Wildman–Crippen LogP) is 9.78. The van der Waals surface area contributed by atoms with Gasteiger partial charge in [0.2, 0.25) is 17.7 Å². The Balaban J connectivity index is 0.000000249. The van der Waals surface area contributed by atoms with Crippen molar-refractivity contribution in [1.29, 1.82) is 0 Å². The number of halogens is 6. The molecule has 0 aliphatic carbocycles. The van der Waals surface area contributed by atoms with E-state index in [0.29, 0.717) is 23.8 Å². The lowest BCUT2D eigenvalue weighted by molar-refractivity contribution is -0.137. The van der Waals surface area contributed by atoms with E-state index in [1.54, 1.807) is 13.1 Å². The quantitative estimate of drug-likeness (QED) is 0.0967. The van der Waals surface area contributed by atoms with Gasteiger partial charge < -0.3 is 20.5 Å². The zero-order valence-electron chi connectivity index (χ0n) is 44.2. The van der Waals surface area contributed by atoms with Crippen molar-refractivity contribution in [2.24, 2.45) is 7.05 Å². The number of hydrogen-bond acceptors (Lipinski definition) is 13. The number of carbonyl (C=O) groups excluding carboxylic acids is 3. The lowest BCUT2D eigenvalue weighted by Gasteiger charge is -2.24. The summed E-state index contributed by atoms with van der Waals surface area (Å²) in [4.78, 5) is 39.7. The number of hydrogen-bond donors (Lipinski definition) is 3. The summed E-state index contributed by atoms with van der Waals surface area (Å²) in [6, 6.07) is 19.0. The molecule has 3 N–H and O–H groups in total. The van der Waals surface area contributed by atoms with Crippen molar-refractivity contribution in [2.45, 2.75) is 129 Å². The van der Waals surface area contributed by atoms with Gasteiger partial charge in [0.25, 0.3) is 0 Å². The monoisotopic (exact) mass is 1140 g/mol. The fraction of sp³-hybridized carbons (Fsp3) is 0.373. The zero-order valence-corrected chi connectivity index (χ0v) is 46.6. The average Bonchev–Trinajstić information content (AvgIpc) is 3.96. The highest BCUT2D eigenvalue weighted by Crippen LogP contribution is 2.34. The zero-order chi connectivity index (χ0) is 58.7. The molecule has 0 fully saturated rings. The van der Waals surface area contributed by atoms with Crippen LogP contribution in [0.1, 0.15) is 100 Å². The molecule has 3 aromatic heterocycles. The van der Waals surface area contributed by atoms with Gasteiger partial charge in [-0.15, -0.1) is 0 Å². The topological polar surface area (TPSA) is 246 Å². The van der Waals surface area contributed by atoms with Crippen molar-refractivity contribution < 1.29 is 70.5 Å². The van der Waals surface area contributed by atoms with E-state index in [9.17, 15) is 66.0 Å². The smallest absolute Gasteiger partial charge is 0.359 e. The maximum atomic E-state index is 14.0. The summed E-state index contributed by atoms with van der Waals surface area (Å²) in [6.07, 6.45) is -4.07. The third-order valence-electron chi connectivity index (χ3n) is 11.7. The van der Waals surface area contributed by atoms with Gasteiger partial charge in [-0.2, -0.15) is 18.3 Å². The maximum Gasteiger partial charge on any atom is 0.417 e. The second kappa shape index (κ2) is 22.6. The standard InChI is InChI=1S/C18H24FN3O3S.C17H21FN2O4S.C16H14F4N2O3S/c1-17(2,3)14-11-15(22(6)21-14)20-16(23)18(4,5)26(24,25)13-10-8-7-9-12(13)19;1-16(2,3)13-10-14(20-24-13)19-15(21)17(4,5)25(22,23)12-9-7-6-8-11(12)18;1-15(2,26(24,25)12-5-3-4-11(17)8-12)14(23)22-13-7-6-10(9-21-13)16(18,19)20/h7-11H,1-6H3,(H,20,23);6-10H,1-5H3,(H,19,20,21);3-9H,1-2H3,(H,21,22,23). The number of aromatic nitrogens is 4. The number of nitrogens with zero attached hydrogens (tertiary/aromatic N) is 4. The molecule has 6 aromatic rings. The number of sulfone groups is 3. The second-order valence-corrected chi connectivity index (χ2v) is 28.2. The summed E-state index contributed by atoms with van der Waals surface area (Å²) in [7, 11) is -11.1. The van der Waals surface area contributed by atoms with Crippen molar-refractivity contribution in [1.82, 2.24) is 19.9 Å². The van der Waals surface area contributed by atoms with Gasteiger partial charge >= 0.3 is 6.18 Å². The van der Waals surface area contributed by atoms with Crippen LogP contribution in [0.4, 0.5) is 43.8 Å². The van der Waals surface area contributed by atoms with E-state index in [0.717, 1.165) is 68.1 Å². The van der Waals surface area contributed by atoms with Crippen LogP contribution < -0.4 is 16.0 Å². The van der Waals surface area contributed by atoms with Gasteiger partial charge in [-0.1, -0.05) is 77.0 Å². The van der Waals surface area contributed by atoms with E-state index in [-0.39, 0.29) is 22.5 Å². The normalized spacial score (nSPS) is 12.8. The number of nitrogens with one attached hydrogen (secondary N) is 3. The molecule has 6 rings (SSSR count).